The lowest BCUT2D eigenvalue weighted by Gasteiger charge is -2.32. The molecule has 34 heavy (non-hydrogen) atoms. The van der Waals surface area contributed by atoms with Crippen molar-refractivity contribution in [3.05, 3.63) is 76.9 Å². The molecular weight excluding hydrogens is 446 g/mol. The number of carbonyl (C=O) groups excluding carboxylic acids is 1. The van der Waals surface area contributed by atoms with Gasteiger partial charge in [-0.15, -0.1) is 0 Å². The van der Waals surface area contributed by atoms with Gasteiger partial charge in [0.15, 0.2) is 9.84 Å². The number of nitrogens with one attached hydrogen (secondary N) is 1. The van der Waals surface area contributed by atoms with E-state index in [2.05, 4.69) is 38.2 Å². The lowest BCUT2D eigenvalue weighted by Crippen LogP contribution is -2.19. The average Bonchev–Trinajstić information content (AvgIpc) is 2.74. The first-order valence-corrected chi connectivity index (χ1v) is 13.3. The van der Waals surface area contributed by atoms with Crippen molar-refractivity contribution < 1.29 is 18.3 Å². The summed E-state index contributed by atoms with van der Waals surface area (Å²) < 4.78 is 23.8. The monoisotopic (exact) mass is 483 g/mol. The second kappa shape index (κ2) is 11.5. The molecule has 0 fully saturated rings. The van der Waals surface area contributed by atoms with Gasteiger partial charge in [0.25, 0.3) is 0 Å². The van der Waals surface area contributed by atoms with Gasteiger partial charge < -0.3 is 10.4 Å². The van der Waals surface area contributed by atoms with E-state index >= 15 is 0 Å². The molecule has 0 aromatic heterocycles. The average molecular weight is 484 g/mol. The van der Waals surface area contributed by atoms with Crippen LogP contribution in [0.2, 0.25) is 0 Å². The van der Waals surface area contributed by atoms with Crippen LogP contribution in [-0.2, 0) is 14.6 Å². The molecule has 1 aliphatic carbocycles. The second-order valence-electron chi connectivity index (χ2n) is 9.49. The van der Waals surface area contributed by atoms with Gasteiger partial charge in [-0.3, -0.25) is 4.79 Å². The Kier molecular flexibility index (Phi) is 9.28. The van der Waals surface area contributed by atoms with Crippen LogP contribution in [0.4, 0.5) is 5.69 Å². The number of allylic oxidation sites excluding steroid dienone is 9. The van der Waals surface area contributed by atoms with Crippen molar-refractivity contribution in [1.29, 1.82) is 0 Å². The normalized spacial score (nSPS) is 17.6. The van der Waals surface area contributed by atoms with Crippen LogP contribution < -0.4 is 5.32 Å². The van der Waals surface area contributed by atoms with Gasteiger partial charge in [0, 0.05) is 12.1 Å². The molecule has 0 spiro atoms. The molecule has 0 saturated heterocycles. The topological polar surface area (TPSA) is 83.5 Å². The van der Waals surface area contributed by atoms with Crippen molar-refractivity contribution in [3.63, 3.8) is 0 Å². The van der Waals surface area contributed by atoms with Gasteiger partial charge in [-0.25, -0.2) is 8.42 Å². The smallest absolute Gasteiger partial charge is 0.248 e. The van der Waals surface area contributed by atoms with Gasteiger partial charge in [-0.1, -0.05) is 62.3 Å². The highest BCUT2D eigenvalue weighted by Crippen LogP contribution is 2.40. The number of amides is 1. The third-order valence-corrected chi connectivity index (χ3v) is 7.83. The lowest BCUT2D eigenvalue weighted by atomic mass is 9.72. The van der Waals surface area contributed by atoms with E-state index < -0.39 is 15.7 Å². The molecule has 0 aliphatic heterocycles. The van der Waals surface area contributed by atoms with E-state index in [0.717, 1.165) is 23.6 Å². The molecule has 0 radical (unpaired) electrons. The summed E-state index contributed by atoms with van der Waals surface area (Å²) in [6, 6.07) is 3.91. The van der Waals surface area contributed by atoms with E-state index in [1.165, 1.54) is 49.1 Å². The quantitative estimate of drug-likeness (QED) is 0.246. The first-order valence-electron chi connectivity index (χ1n) is 11.6. The lowest BCUT2D eigenvalue weighted by molar-refractivity contribution is -0.112. The Bertz CT molecular complexity index is 1180. The van der Waals surface area contributed by atoms with Crippen LogP contribution in [0.5, 0.6) is 5.75 Å². The van der Waals surface area contributed by atoms with Crippen LogP contribution in [0, 0.1) is 5.41 Å². The maximum Gasteiger partial charge on any atom is 0.248 e. The minimum Gasteiger partial charge on any atom is -0.506 e. The molecule has 0 heterocycles. The van der Waals surface area contributed by atoms with Crippen molar-refractivity contribution in [2.24, 2.45) is 5.41 Å². The molecule has 1 aromatic carbocycles. The van der Waals surface area contributed by atoms with Crippen molar-refractivity contribution in [3.8, 4) is 5.75 Å². The zero-order valence-corrected chi connectivity index (χ0v) is 21.9. The van der Waals surface area contributed by atoms with Crippen molar-refractivity contribution in [1.82, 2.24) is 0 Å². The van der Waals surface area contributed by atoms with Gasteiger partial charge in [-0.2, -0.15) is 0 Å². The van der Waals surface area contributed by atoms with Gasteiger partial charge >= 0.3 is 0 Å². The summed E-state index contributed by atoms with van der Waals surface area (Å²) in [6.45, 7) is 12.2. The summed E-state index contributed by atoms with van der Waals surface area (Å²) in [7, 11) is -3.43. The predicted molar refractivity (Wildman–Crippen MR) is 141 cm³/mol. The van der Waals surface area contributed by atoms with Crippen molar-refractivity contribution >= 4 is 21.4 Å². The molecule has 0 atom stereocenters. The highest BCUT2D eigenvalue weighted by molar-refractivity contribution is 7.91. The van der Waals surface area contributed by atoms with E-state index in [9.17, 15) is 18.3 Å². The highest BCUT2D eigenvalue weighted by Gasteiger charge is 2.26. The fraction of sp³-hybridized carbons (Fsp3) is 0.393. The van der Waals surface area contributed by atoms with Crippen molar-refractivity contribution in [2.45, 2.75) is 65.7 Å². The summed E-state index contributed by atoms with van der Waals surface area (Å²) in [6.07, 6.45) is 15.1. The molecule has 1 aromatic rings. The van der Waals surface area contributed by atoms with E-state index in [0.29, 0.717) is 0 Å². The van der Waals surface area contributed by atoms with E-state index in [1.807, 2.05) is 32.1 Å². The molecule has 0 saturated carbocycles. The molecule has 0 unspecified atom stereocenters. The molecule has 2 rings (SSSR count). The molecule has 2 N–H and O–H groups in total. The maximum absolute atomic E-state index is 12.3. The van der Waals surface area contributed by atoms with Crippen LogP contribution in [0.15, 0.2) is 81.8 Å². The number of anilines is 1. The molecule has 6 heteroatoms. The van der Waals surface area contributed by atoms with Crippen LogP contribution in [0.1, 0.15) is 60.8 Å². The Balaban J connectivity index is 2.02. The van der Waals surface area contributed by atoms with E-state index in [1.54, 1.807) is 0 Å². The number of phenolic OH excluding ortho intramolecular Hbond substituents is 1. The summed E-state index contributed by atoms with van der Waals surface area (Å²) in [5, 5.41) is 12.7. The predicted octanol–water partition coefficient (Wildman–Crippen LogP) is 6.66. The Morgan fingerprint density at radius 1 is 1.18 bits per heavy atom. The molecule has 1 aliphatic rings. The third-order valence-electron chi connectivity index (χ3n) is 6.10. The summed E-state index contributed by atoms with van der Waals surface area (Å²) in [4.78, 5) is 12.3. The fourth-order valence-corrected chi connectivity index (χ4v) is 4.93. The van der Waals surface area contributed by atoms with Gasteiger partial charge in [0.05, 0.1) is 16.3 Å². The van der Waals surface area contributed by atoms with Crippen LogP contribution >= 0.6 is 0 Å². The number of hydrogen-bond acceptors (Lipinski definition) is 4. The van der Waals surface area contributed by atoms with E-state index in [4.69, 9.17) is 0 Å². The molecule has 0 bridgehead atoms. The summed E-state index contributed by atoms with van der Waals surface area (Å²) >= 11 is 0. The highest BCUT2D eigenvalue weighted by atomic mass is 32.2. The van der Waals surface area contributed by atoms with Gasteiger partial charge in [0.1, 0.15) is 5.75 Å². The largest absolute Gasteiger partial charge is 0.506 e. The number of phenols is 1. The van der Waals surface area contributed by atoms with Crippen LogP contribution in [0.3, 0.4) is 0 Å². The number of aromatic hydroxyl groups is 1. The zero-order valence-electron chi connectivity index (χ0n) is 21.1. The van der Waals surface area contributed by atoms with Crippen molar-refractivity contribution in [2.75, 3.05) is 11.1 Å². The Labute approximate surface area is 204 Å². The molecule has 5 nitrogen and oxygen atoms in total. The molecule has 184 valence electrons. The minimum atomic E-state index is -3.43. The Hall–Kier alpha value is -2.86. The standard InChI is InChI=1S/C28H37NO4S/c1-7-34(32,33)23-14-16-25(26(30)19-23)29-27(31)18-21(3)11-8-10-20(2)13-15-24-22(4)12-9-17-28(24,5)6/h8,10-11,13-16,18-19,30H,7,9,12,17H2,1-6H3,(H,29,31). The fourth-order valence-electron chi connectivity index (χ4n) is 4.03. The number of carbonyl (C=O) groups is 1. The Morgan fingerprint density at radius 2 is 1.88 bits per heavy atom. The second-order valence-corrected chi connectivity index (χ2v) is 11.8. The Morgan fingerprint density at radius 3 is 2.50 bits per heavy atom. The summed E-state index contributed by atoms with van der Waals surface area (Å²) in [5.41, 5.74) is 5.11. The zero-order chi connectivity index (χ0) is 25.5. The third kappa shape index (κ3) is 7.59. The number of sulfone groups is 1. The van der Waals surface area contributed by atoms with E-state index in [-0.39, 0.29) is 27.5 Å². The first-order chi connectivity index (χ1) is 15.9. The van der Waals surface area contributed by atoms with Gasteiger partial charge in [-0.05, 0) is 68.7 Å². The number of benzene rings is 1. The SMILES string of the molecule is CCS(=O)(=O)c1ccc(NC(=O)C=C(C)C=CC=C(C)C=CC2=C(C)CCCC2(C)C)c(O)c1. The van der Waals surface area contributed by atoms with Gasteiger partial charge in [0.2, 0.25) is 5.91 Å². The maximum atomic E-state index is 12.3. The first kappa shape index (κ1) is 27.4. The molecular formula is C28H37NO4S. The van der Waals surface area contributed by atoms with Crippen LogP contribution in [-0.4, -0.2) is 25.2 Å². The summed E-state index contributed by atoms with van der Waals surface area (Å²) in [5.74, 6) is -0.765. The van der Waals surface area contributed by atoms with Crippen LogP contribution in [0.25, 0.3) is 0 Å². The molecule has 1 amide bonds. The minimum absolute atomic E-state index is 0.0230. The number of hydrogen-bond donors (Lipinski definition) is 2. The number of rotatable bonds is 8.